The maximum absolute atomic E-state index is 13.1. The number of rotatable bonds is 75. The first kappa shape index (κ1) is 95.1. The Balaban J connectivity index is 5.18. The van der Waals surface area contributed by atoms with Crippen LogP contribution in [0.5, 0.6) is 0 Å². The van der Waals surface area contributed by atoms with Crippen LogP contribution >= 0.6 is 15.6 Å². The van der Waals surface area contributed by atoms with Crippen molar-refractivity contribution < 1.29 is 80.2 Å². The zero-order chi connectivity index (χ0) is 71.7. The topological polar surface area (TPSA) is 237 Å². The van der Waals surface area contributed by atoms with Gasteiger partial charge in [0.1, 0.15) is 19.3 Å². The van der Waals surface area contributed by atoms with Crippen molar-refractivity contribution in [2.45, 2.75) is 414 Å². The first-order valence-electron chi connectivity index (χ1n) is 40.3. The third-order valence-electron chi connectivity index (χ3n) is 19.2. The molecule has 0 saturated carbocycles. The third kappa shape index (κ3) is 68.3. The van der Waals surface area contributed by atoms with Crippen LogP contribution < -0.4 is 0 Å². The van der Waals surface area contributed by atoms with E-state index in [1.54, 1.807) is 0 Å². The lowest BCUT2D eigenvalue weighted by atomic mass is 9.99. The normalized spacial score (nSPS) is 14.9. The Kier molecular flexibility index (Phi) is 65.9. The molecule has 0 aromatic carbocycles. The van der Waals surface area contributed by atoms with Crippen LogP contribution in [-0.4, -0.2) is 96.7 Å². The number of carbonyl (C=O) groups is 4. The largest absolute Gasteiger partial charge is 0.472 e. The van der Waals surface area contributed by atoms with Crippen molar-refractivity contribution in [2.75, 3.05) is 39.6 Å². The van der Waals surface area contributed by atoms with Crippen molar-refractivity contribution in [3.63, 3.8) is 0 Å². The quantitative estimate of drug-likeness (QED) is 0.0222. The molecule has 576 valence electrons. The lowest BCUT2D eigenvalue weighted by molar-refractivity contribution is -0.161. The minimum Gasteiger partial charge on any atom is -0.462 e. The molecule has 17 nitrogen and oxygen atoms in total. The summed E-state index contributed by atoms with van der Waals surface area (Å²) in [6, 6.07) is 0. The van der Waals surface area contributed by atoms with E-state index in [1.807, 2.05) is 0 Å². The molecule has 0 radical (unpaired) electrons. The minimum atomic E-state index is -4.96. The van der Waals surface area contributed by atoms with E-state index in [1.165, 1.54) is 199 Å². The zero-order valence-electron chi connectivity index (χ0n) is 63.7. The van der Waals surface area contributed by atoms with Gasteiger partial charge in [-0.05, 0) is 49.4 Å². The summed E-state index contributed by atoms with van der Waals surface area (Å²) in [5, 5.41) is 10.6. The lowest BCUT2D eigenvalue weighted by Gasteiger charge is -2.21. The highest BCUT2D eigenvalue weighted by Gasteiger charge is 2.30. The number of esters is 4. The molecule has 0 heterocycles. The van der Waals surface area contributed by atoms with Gasteiger partial charge in [-0.3, -0.25) is 37.3 Å². The second-order valence-corrected chi connectivity index (χ2v) is 32.2. The van der Waals surface area contributed by atoms with Crippen LogP contribution in [0.25, 0.3) is 0 Å². The summed E-state index contributed by atoms with van der Waals surface area (Å²) in [4.78, 5) is 72.8. The Morgan fingerprint density at radius 2 is 0.495 bits per heavy atom. The number of carbonyl (C=O) groups excluding carboxylic acids is 4. The summed E-state index contributed by atoms with van der Waals surface area (Å²) >= 11 is 0. The fraction of sp³-hybridized carbons (Fsp3) is 0.949. The molecule has 8 atom stereocenters. The molecule has 0 saturated heterocycles. The van der Waals surface area contributed by atoms with E-state index in [-0.39, 0.29) is 25.7 Å². The number of hydrogen-bond donors (Lipinski definition) is 3. The van der Waals surface area contributed by atoms with Crippen LogP contribution in [0.1, 0.15) is 396 Å². The van der Waals surface area contributed by atoms with Crippen molar-refractivity contribution in [1.29, 1.82) is 0 Å². The second kappa shape index (κ2) is 67.2. The summed E-state index contributed by atoms with van der Waals surface area (Å²) < 4.78 is 68.5. The van der Waals surface area contributed by atoms with Crippen LogP contribution in [0.3, 0.4) is 0 Å². The summed E-state index contributed by atoms with van der Waals surface area (Å²) in [5.41, 5.74) is 0. The highest BCUT2D eigenvalue weighted by molar-refractivity contribution is 7.47. The average Bonchev–Trinajstić information content (AvgIpc) is 1.64. The van der Waals surface area contributed by atoms with Crippen LogP contribution in [0.15, 0.2) is 0 Å². The van der Waals surface area contributed by atoms with Gasteiger partial charge in [0.25, 0.3) is 0 Å². The monoisotopic (exact) mass is 1420 g/mol. The second-order valence-electron chi connectivity index (χ2n) is 29.3. The lowest BCUT2D eigenvalue weighted by Crippen LogP contribution is -2.30. The predicted molar refractivity (Wildman–Crippen MR) is 395 cm³/mol. The Bertz CT molecular complexity index is 1910. The van der Waals surface area contributed by atoms with Gasteiger partial charge < -0.3 is 33.8 Å². The maximum atomic E-state index is 13.1. The molecule has 0 aliphatic carbocycles. The molecule has 0 amide bonds. The van der Waals surface area contributed by atoms with Gasteiger partial charge >= 0.3 is 39.5 Å². The van der Waals surface area contributed by atoms with Crippen LogP contribution in [0.4, 0.5) is 0 Å². The van der Waals surface area contributed by atoms with Crippen molar-refractivity contribution in [3.8, 4) is 0 Å². The Labute approximate surface area is 594 Å². The van der Waals surface area contributed by atoms with Gasteiger partial charge in [0.15, 0.2) is 12.2 Å². The summed E-state index contributed by atoms with van der Waals surface area (Å²) in [5.74, 6) is 1.00. The fourth-order valence-electron chi connectivity index (χ4n) is 11.8. The fourth-order valence-corrected chi connectivity index (χ4v) is 13.4. The van der Waals surface area contributed by atoms with Crippen LogP contribution in [0.2, 0.25) is 0 Å². The molecule has 0 fully saturated rings. The van der Waals surface area contributed by atoms with E-state index < -0.39 is 97.5 Å². The van der Waals surface area contributed by atoms with E-state index >= 15 is 0 Å². The first-order chi connectivity index (χ1) is 46.7. The molecular weight excluding hydrogens is 1270 g/mol. The van der Waals surface area contributed by atoms with Gasteiger partial charge in [-0.25, -0.2) is 9.13 Å². The molecular formula is C78H152O17P2. The van der Waals surface area contributed by atoms with Gasteiger partial charge in [-0.2, -0.15) is 0 Å². The van der Waals surface area contributed by atoms with Crippen LogP contribution in [-0.2, 0) is 65.4 Å². The molecule has 0 aromatic rings. The van der Waals surface area contributed by atoms with Crippen LogP contribution in [0, 0.1) is 23.7 Å². The van der Waals surface area contributed by atoms with Gasteiger partial charge in [0, 0.05) is 25.7 Å². The maximum Gasteiger partial charge on any atom is 0.472 e. The van der Waals surface area contributed by atoms with Crippen molar-refractivity contribution in [2.24, 2.45) is 23.7 Å². The summed E-state index contributed by atoms with van der Waals surface area (Å²) in [7, 11) is -9.91. The molecule has 0 aliphatic rings. The minimum absolute atomic E-state index is 0.102. The van der Waals surface area contributed by atoms with Gasteiger partial charge in [0.2, 0.25) is 0 Å². The molecule has 0 aromatic heterocycles. The number of phosphoric ester groups is 2. The van der Waals surface area contributed by atoms with Crippen molar-refractivity contribution in [1.82, 2.24) is 0 Å². The van der Waals surface area contributed by atoms with E-state index in [2.05, 4.69) is 55.4 Å². The van der Waals surface area contributed by atoms with E-state index in [0.717, 1.165) is 114 Å². The predicted octanol–water partition coefficient (Wildman–Crippen LogP) is 22.8. The molecule has 0 spiro atoms. The van der Waals surface area contributed by atoms with Gasteiger partial charge in [-0.1, -0.05) is 344 Å². The number of unbranched alkanes of at least 4 members (excludes halogenated alkanes) is 38. The van der Waals surface area contributed by atoms with E-state index in [4.69, 9.17) is 37.0 Å². The number of ether oxygens (including phenoxy) is 4. The highest BCUT2D eigenvalue weighted by Crippen LogP contribution is 2.45. The highest BCUT2D eigenvalue weighted by atomic mass is 31.2. The average molecular weight is 1420 g/mol. The third-order valence-corrected chi connectivity index (χ3v) is 21.1. The first-order valence-corrected chi connectivity index (χ1v) is 43.3. The molecule has 0 aliphatic heterocycles. The number of hydrogen-bond acceptors (Lipinski definition) is 15. The number of phosphoric acid groups is 2. The molecule has 0 rings (SSSR count). The zero-order valence-corrected chi connectivity index (χ0v) is 65.5. The Hall–Kier alpha value is -1.94. The SMILES string of the molecule is CCC(C)CCCCCCCCCCCCCCCCCCCCC(=O)OC[C@H](COP(=O)(O)OCC(O)COP(=O)(O)OC[C@@H](COC(=O)CCCCCCCCCCC(C)C)OC(=O)CCCCCCCCC(C)CC)OC(=O)CCCCCCCCCCCCC(C)CC. The molecule has 6 unspecified atom stereocenters. The van der Waals surface area contributed by atoms with E-state index in [9.17, 15) is 43.2 Å². The standard InChI is InChI=1S/C78H152O17P2/c1-9-69(6)55-47-39-31-24-20-18-16-14-12-13-15-17-19-21-26-33-42-50-58-75(80)88-64-73(94-77(82)60-52-44-35-27-23-22-25-32-40-48-56-70(7)10-2)66-92-96(84,85)90-62-72(79)63-91-97(86,87)93-67-74(95-78(83)61-53-45-37-36-41-49-57-71(8)11-3)65-89-76(81)59-51-43-34-29-28-30-38-46-54-68(4)5/h68-74,79H,9-67H2,1-8H3,(H,84,85)(H,86,87)/t69?,70?,71?,72?,73-,74-/m1/s1. The molecule has 0 bridgehead atoms. The van der Waals surface area contributed by atoms with E-state index in [0.29, 0.717) is 25.7 Å². The Morgan fingerprint density at radius 1 is 0.289 bits per heavy atom. The van der Waals surface area contributed by atoms with Gasteiger partial charge in [-0.15, -0.1) is 0 Å². The summed E-state index contributed by atoms with van der Waals surface area (Å²) in [6.45, 7) is 14.2. The Morgan fingerprint density at radius 3 is 0.732 bits per heavy atom. The van der Waals surface area contributed by atoms with Crippen molar-refractivity contribution >= 4 is 39.5 Å². The van der Waals surface area contributed by atoms with Crippen molar-refractivity contribution in [3.05, 3.63) is 0 Å². The smallest absolute Gasteiger partial charge is 0.462 e. The number of aliphatic hydroxyl groups is 1. The number of aliphatic hydroxyl groups excluding tert-OH is 1. The molecule has 3 N–H and O–H groups in total. The van der Waals surface area contributed by atoms with Gasteiger partial charge in [0.05, 0.1) is 26.4 Å². The molecule has 19 heteroatoms. The molecule has 97 heavy (non-hydrogen) atoms. The summed E-state index contributed by atoms with van der Waals surface area (Å²) in [6.07, 6.45) is 52.9.